The molecule has 1 unspecified atom stereocenters. The summed E-state index contributed by atoms with van der Waals surface area (Å²) in [5, 5.41) is 5.71. The molecule has 3 aromatic rings. The number of pyridine rings is 1. The number of nitrogens with zero attached hydrogens (tertiary/aromatic N) is 2. The van der Waals surface area contributed by atoms with Gasteiger partial charge >= 0.3 is 0 Å². The van der Waals surface area contributed by atoms with E-state index in [0.29, 0.717) is 17.4 Å². The summed E-state index contributed by atoms with van der Waals surface area (Å²) < 4.78 is 45.7. The molecular formula is C29H29F3N4O3. The van der Waals surface area contributed by atoms with Crippen LogP contribution in [0.5, 0.6) is 5.75 Å². The molecular weight excluding hydrogens is 509 g/mol. The van der Waals surface area contributed by atoms with E-state index in [1.807, 2.05) is 19.1 Å². The Bertz CT molecular complexity index is 1390. The molecule has 3 atom stereocenters. The molecule has 2 saturated heterocycles. The maximum atomic E-state index is 13.8. The van der Waals surface area contributed by atoms with Gasteiger partial charge in [-0.1, -0.05) is 6.07 Å². The molecule has 0 spiro atoms. The lowest BCUT2D eigenvalue weighted by Crippen LogP contribution is -2.50. The first-order valence-electron chi connectivity index (χ1n) is 12.9. The van der Waals surface area contributed by atoms with Gasteiger partial charge in [0.15, 0.2) is 11.6 Å². The second kappa shape index (κ2) is 11.0. The number of fused-ring (bicyclic) bond motifs is 2. The number of hydrogen-bond acceptors (Lipinski definition) is 5. The van der Waals surface area contributed by atoms with E-state index < -0.39 is 23.4 Å². The number of piperidine rings is 1. The molecule has 0 radical (unpaired) electrons. The zero-order valence-corrected chi connectivity index (χ0v) is 21.6. The number of amides is 2. The molecule has 2 fully saturated rings. The number of nitrogens with one attached hydrogen (secondary N) is 2. The predicted molar refractivity (Wildman–Crippen MR) is 139 cm³/mol. The Kier molecular flexibility index (Phi) is 7.45. The van der Waals surface area contributed by atoms with Crippen LogP contribution in [0.15, 0.2) is 48.7 Å². The minimum atomic E-state index is -1.28. The number of halogens is 3. The van der Waals surface area contributed by atoms with Crippen LogP contribution in [0.4, 0.5) is 19.0 Å². The van der Waals surface area contributed by atoms with Gasteiger partial charge in [0.25, 0.3) is 11.8 Å². The topological polar surface area (TPSA) is 83.6 Å². The van der Waals surface area contributed by atoms with Crippen LogP contribution in [-0.4, -0.2) is 42.0 Å². The van der Waals surface area contributed by atoms with Gasteiger partial charge in [0.05, 0.1) is 12.7 Å². The van der Waals surface area contributed by atoms with Gasteiger partial charge in [-0.3, -0.25) is 9.59 Å². The van der Waals surface area contributed by atoms with Crippen LogP contribution in [0, 0.1) is 24.4 Å². The number of ether oxygens (including phenoxy) is 1. The maximum absolute atomic E-state index is 13.8. The van der Waals surface area contributed by atoms with Crippen LogP contribution in [0.3, 0.4) is 0 Å². The lowest BCUT2D eigenvalue weighted by molar-refractivity contribution is 0.0923. The SMILES string of the molecule is COc1cccc(C(=O)NC2C[C@H]3CC[C@@H](C2)N3c2ccc(C(=O)NCc3cc(F)c(F)cc3F)cn2)c1C. The highest BCUT2D eigenvalue weighted by molar-refractivity contribution is 5.96. The van der Waals surface area contributed by atoms with Crippen molar-refractivity contribution in [2.24, 2.45) is 0 Å². The van der Waals surface area contributed by atoms with E-state index >= 15 is 0 Å². The van der Waals surface area contributed by atoms with Crippen LogP contribution >= 0.6 is 0 Å². The van der Waals surface area contributed by atoms with Gasteiger partial charge < -0.3 is 20.3 Å². The Hall–Kier alpha value is -4.08. The molecule has 39 heavy (non-hydrogen) atoms. The number of carbonyl (C=O) groups excluding carboxylic acids is 2. The fourth-order valence-electron chi connectivity index (χ4n) is 5.66. The molecule has 3 heterocycles. The van der Waals surface area contributed by atoms with E-state index in [4.69, 9.17) is 4.74 Å². The third kappa shape index (κ3) is 5.41. The summed E-state index contributed by atoms with van der Waals surface area (Å²) >= 11 is 0. The normalized spacial score (nSPS) is 20.0. The summed E-state index contributed by atoms with van der Waals surface area (Å²) in [6.07, 6.45) is 4.99. The quantitative estimate of drug-likeness (QED) is 0.427. The Morgan fingerprint density at radius 2 is 1.72 bits per heavy atom. The smallest absolute Gasteiger partial charge is 0.253 e. The predicted octanol–water partition coefficient (Wildman–Crippen LogP) is 4.68. The first kappa shape index (κ1) is 26.5. The average molecular weight is 539 g/mol. The number of anilines is 1. The van der Waals surface area contributed by atoms with E-state index in [0.717, 1.165) is 43.1 Å². The molecule has 204 valence electrons. The monoisotopic (exact) mass is 538 g/mol. The van der Waals surface area contributed by atoms with Crippen molar-refractivity contribution in [2.75, 3.05) is 12.0 Å². The Balaban J connectivity index is 1.20. The molecule has 0 aliphatic carbocycles. The van der Waals surface area contributed by atoms with Crippen LogP contribution < -0.4 is 20.3 Å². The number of methoxy groups -OCH3 is 1. The Morgan fingerprint density at radius 1 is 1.00 bits per heavy atom. The van der Waals surface area contributed by atoms with E-state index in [2.05, 4.69) is 20.5 Å². The number of carbonyl (C=O) groups is 2. The van der Waals surface area contributed by atoms with Crippen LogP contribution in [0.2, 0.25) is 0 Å². The molecule has 2 bridgehead atoms. The minimum absolute atomic E-state index is 0.0404. The summed E-state index contributed by atoms with van der Waals surface area (Å²) in [6, 6.07) is 10.5. The highest BCUT2D eigenvalue weighted by atomic mass is 19.2. The fourth-order valence-corrected chi connectivity index (χ4v) is 5.66. The second-order valence-electron chi connectivity index (χ2n) is 10.0. The van der Waals surface area contributed by atoms with E-state index in [1.54, 1.807) is 25.3 Å². The summed E-state index contributed by atoms with van der Waals surface area (Å²) in [6.45, 7) is 1.58. The Morgan fingerprint density at radius 3 is 2.38 bits per heavy atom. The van der Waals surface area contributed by atoms with Gasteiger partial charge in [-0.05, 0) is 62.9 Å². The van der Waals surface area contributed by atoms with Gasteiger partial charge in [0.1, 0.15) is 17.4 Å². The molecule has 2 aliphatic rings. The summed E-state index contributed by atoms with van der Waals surface area (Å²) in [5.74, 6) is -2.58. The molecule has 0 saturated carbocycles. The van der Waals surface area contributed by atoms with Gasteiger partial charge in [-0.15, -0.1) is 0 Å². The Labute approximate surface area is 224 Å². The standard InChI is InChI=1S/C29H29F3N4O3/c1-16-22(4-3-5-26(16)39-2)29(38)35-19-11-20-7-8-21(12-19)36(20)27-9-6-17(14-33-27)28(37)34-15-18-10-24(31)25(32)13-23(18)30/h3-6,9-10,13-14,19-21H,7-8,11-12,15H2,1-2H3,(H,34,37)(H,35,38)/t19?,20-,21+. The minimum Gasteiger partial charge on any atom is -0.496 e. The lowest BCUT2D eigenvalue weighted by Gasteiger charge is -2.40. The van der Waals surface area contributed by atoms with Crippen LogP contribution in [0.1, 0.15) is 57.5 Å². The molecule has 5 rings (SSSR count). The lowest BCUT2D eigenvalue weighted by atomic mass is 9.96. The van der Waals surface area contributed by atoms with Crippen molar-refractivity contribution in [1.29, 1.82) is 0 Å². The molecule has 2 amide bonds. The summed E-state index contributed by atoms with van der Waals surface area (Å²) in [4.78, 5) is 32.3. The highest BCUT2D eigenvalue weighted by Gasteiger charge is 2.42. The highest BCUT2D eigenvalue weighted by Crippen LogP contribution is 2.38. The van der Waals surface area contributed by atoms with Crippen molar-refractivity contribution in [2.45, 2.75) is 57.3 Å². The molecule has 7 nitrogen and oxygen atoms in total. The number of aromatic nitrogens is 1. The van der Waals surface area contributed by atoms with E-state index in [-0.39, 0.29) is 41.7 Å². The number of rotatable bonds is 7. The molecule has 10 heteroatoms. The third-order valence-corrected chi connectivity index (χ3v) is 7.62. The first-order chi connectivity index (χ1) is 18.7. The van der Waals surface area contributed by atoms with Crippen molar-refractivity contribution < 1.29 is 27.5 Å². The summed E-state index contributed by atoms with van der Waals surface area (Å²) in [7, 11) is 1.59. The maximum Gasteiger partial charge on any atom is 0.253 e. The zero-order chi connectivity index (χ0) is 27.7. The largest absolute Gasteiger partial charge is 0.496 e. The molecule has 1 aromatic heterocycles. The van der Waals surface area contributed by atoms with Crippen molar-refractivity contribution in [3.05, 3.63) is 88.4 Å². The number of hydrogen-bond donors (Lipinski definition) is 2. The molecule has 2 aliphatic heterocycles. The number of benzene rings is 2. The molecule has 2 N–H and O–H groups in total. The average Bonchev–Trinajstić information content (AvgIpc) is 3.19. The second-order valence-corrected chi connectivity index (χ2v) is 10.0. The van der Waals surface area contributed by atoms with Crippen LogP contribution in [-0.2, 0) is 6.54 Å². The van der Waals surface area contributed by atoms with Gasteiger partial charge in [-0.25, -0.2) is 18.2 Å². The first-order valence-corrected chi connectivity index (χ1v) is 12.9. The van der Waals surface area contributed by atoms with Gasteiger partial charge in [0, 0.05) is 53.6 Å². The summed E-state index contributed by atoms with van der Waals surface area (Å²) in [5.41, 5.74) is 1.53. The zero-order valence-electron chi connectivity index (χ0n) is 21.6. The van der Waals surface area contributed by atoms with Crippen molar-refractivity contribution in [3.8, 4) is 5.75 Å². The third-order valence-electron chi connectivity index (χ3n) is 7.62. The van der Waals surface area contributed by atoms with Gasteiger partial charge in [-0.2, -0.15) is 0 Å². The van der Waals surface area contributed by atoms with Crippen molar-refractivity contribution in [3.63, 3.8) is 0 Å². The fraction of sp³-hybridized carbons (Fsp3) is 0.345. The van der Waals surface area contributed by atoms with E-state index in [1.165, 1.54) is 6.20 Å². The van der Waals surface area contributed by atoms with Gasteiger partial charge in [0.2, 0.25) is 0 Å². The van der Waals surface area contributed by atoms with Crippen LogP contribution in [0.25, 0.3) is 0 Å². The molecule has 2 aromatic carbocycles. The van der Waals surface area contributed by atoms with Crippen molar-refractivity contribution >= 4 is 17.6 Å². The van der Waals surface area contributed by atoms with E-state index in [9.17, 15) is 22.8 Å². The van der Waals surface area contributed by atoms with Crippen molar-refractivity contribution in [1.82, 2.24) is 15.6 Å².